The first-order chi connectivity index (χ1) is 6.90. The smallest absolute Gasteiger partial charge is 0.0414 e. The lowest BCUT2D eigenvalue weighted by atomic mass is 9.88. The summed E-state index contributed by atoms with van der Waals surface area (Å²) in [7, 11) is 0. The molecule has 80 valence electrons. The summed E-state index contributed by atoms with van der Waals surface area (Å²) in [4.78, 5) is 7.06. The van der Waals surface area contributed by atoms with Crippen molar-refractivity contribution in [2.45, 2.75) is 45.1 Å². The standard InChI is InChI=1S/C12H22N2/c1-2-13-10-11-6-8-14(9-7-11)12-4-3-5-12/h2,11-12H,3-10H2,1H3. The van der Waals surface area contributed by atoms with Crippen LogP contribution in [-0.2, 0) is 0 Å². The summed E-state index contributed by atoms with van der Waals surface area (Å²) < 4.78 is 0. The molecular formula is C12H22N2. The van der Waals surface area contributed by atoms with E-state index < -0.39 is 0 Å². The Hall–Kier alpha value is -0.370. The minimum atomic E-state index is 0.863. The van der Waals surface area contributed by atoms with Gasteiger partial charge in [0.15, 0.2) is 0 Å². The summed E-state index contributed by atoms with van der Waals surface area (Å²) in [5.74, 6) is 0.863. The molecule has 0 N–H and O–H groups in total. The van der Waals surface area contributed by atoms with E-state index in [0.29, 0.717) is 0 Å². The van der Waals surface area contributed by atoms with E-state index in [2.05, 4.69) is 9.89 Å². The SMILES string of the molecule is CC=NCC1CCN(C2CCC2)CC1. The van der Waals surface area contributed by atoms with Gasteiger partial charge in [-0.15, -0.1) is 0 Å². The Bertz CT molecular complexity index is 188. The minimum absolute atomic E-state index is 0.863. The fraction of sp³-hybridized carbons (Fsp3) is 0.917. The molecular weight excluding hydrogens is 172 g/mol. The van der Waals surface area contributed by atoms with Crippen molar-refractivity contribution in [1.82, 2.24) is 4.90 Å². The van der Waals surface area contributed by atoms with E-state index in [1.54, 1.807) is 0 Å². The largest absolute Gasteiger partial charge is 0.300 e. The Morgan fingerprint density at radius 3 is 2.43 bits per heavy atom. The lowest BCUT2D eigenvalue weighted by Crippen LogP contribution is -2.45. The molecule has 1 aliphatic heterocycles. The highest BCUT2D eigenvalue weighted by molar-refractivity contribution is 5.53. The highest BCUT2D eigenvalue weighted by atomic mass is 15.2. The molecule has 1 heterocycles. The van der Waals surface area contributed by atoms with Crippen LogP contribution in [0.3, 0.4) is 0 Å². The number of piperidine rings is 1. The zero-order chi connectivity index (χ0) is 9.80. The van der Waals surface area contributed by atoms with Crippen molar-refractivity contribution in [2.24, 2.45) is 10.9 Å². The summed E-state index contributed by atoms with van der Waals surface area (Å²) >= 11 is 0. The van der Waals surface area contributed by atoms with Crippen LogP contribution in [0, 0.1) is 5.92 Å². The van der Waals surface area contributed by atoms with E-state index in [9.17, 15) is 0 Å². The maximum Gasteiger partial charge on any atom is 0.0414 e. The van der Waals surface area contributed by atoms with Crippen molar-refractivity contribution < 1.29 is 0 Å². The topological polar surface area (TPSA) is 15.6 Å². The molecule has 1 aliphatic carbocycles. The van der Waals surface area contributed by atoms with E-state index in [1.807, 2.05) is 13.1 Å². The zero-order valence-corrected chi connectivity index (χ0v) is 9.28. The molecule has 1 saturated carbocycles. The van der Waals surface area contributed by atoms with E-state index in [-0.39, 0.29) is 0 Å². The van der Waals surface area contributed by atoms with E-state index in [0.717, 1.165) is 18.5 Å². The predicted molar refractivity (Wildman–Crippen MR) is 61.0 cm³/mol. The van der Waals surface area contributed by atoms with Crippen LogP contribution in [0.4, 0.5) is 0 Å². The normalized spacial score (nSPS) is 26.9. The maximum absolute atomic E-state index is 4.36. The van der Waals surface area contributed by atoms with Crippen LogP contribution in [0.1, 0.15) is 39.0 Å². The summed E-state index contributed by atoms with van der Waals surface area (Å²) in [6.45, 7) is 5.74. The average Bonchev–Trinajstić information content (AvgIpc) is 2.14. The zero-order valence-electron chi connectivity index (χ0n) is 9.28. The molecule has 2 fully saturated rings. The van der Waals surface area contributed by atoms with Gasteiger partial charge in [-0.25, -0.2) is 0 Å². The van der Waals surface area contributed by atoms with Crippen LogP contribution in [0.25, 0.3) is 0 Å². The van der Waals surface area contributed by atoms with Crippen molar-refractivity contribution >= 4 is 6.21 Å². The Kier molecular flexibility index (Phi) is 3.57. The summed E-state index contributed by atoms with van der Waals surface area (Å²) in [6, 6.07) is 0.950. The molecule has 0 unspecified atom stereocenters. The fourth-order valence-corrected chi connectivity index (χ4v) is 2.51. The van der Waals surface area contributed by atoms with Gasteiger partial charge in [-0.1, -0.05) is 6.42 Å². The molecule has 2 heteroatoms. The van der Waals surface area contributed by atoms with Gasteiger partial charge >= 0.3 is 0 Å². The van der Waals surface area contributed by atoms with E-state index in [1.165, 1.54) is 45.2 Å². The summed E-state index contributed by atoms with van der Waals surface area (Å²) in [5, 5.41) is 0. The highest BCUT2D eigenvalue weighted by Gasteiger charge is 2.28. The van der Waals surface area contributed by atoms with Crippen molar-refractivity contribution in [2.75, 3.05) is 19.6 Å². The molecule has 1 saturated heterocycles. The predicted octanol–water partition coefficient (Wildman–Crippen LogP) is 2.34. The number of aliphatic imine (C=N–C) groups is 1. The molecule has 0 radical (unpaired) electrons. The second-order valence-corrected chi connectivity index (χ2v) is 4.69. The van der Waals surface area contributed by atoms with Gasteiger partial charge in [0.25, 0.3) is 0 Å². The third-order valence-corrected chi connectivity index (χ3v) is 3.79. The summed E-state index contributed by atoms with van der Waals surface area (Å²) in [6.07, 6.45) is 9.06. The van der Waals surface area contributed by atoms with E-state index >= 15 is 0 Å². The Balaban J connectivity index is 1.69. The van der Waals surface area contributed by atoms with Gasteiger partial charge in [0.05, 0.1) is 0 Å². The van der Waals surface area contributed by atoms with Crippen LogP contribution in [0.2, 0.25) is 0 Å². The molecule has 0 bridgehead atoms. The van der Waals surface area contributed by atoms with Gasteiger partial charge in [0.2, 0.25) is 0 Å². The highest BCUT2D eigenvalue weighted by Crippen LogP contribution is 2.28. The first-order valence-corrected chi connectivity index (χ1v) is 6.08. The molecule has 0 atom stereocenters. The summed E-state index contributed by atoms with van der Waals surface area (Å²) in [5.41, 5.74) is 0. The lowest BCUT2D eigenvalue weighted by molar-refractivity contribution is 0.0864. The van der Waals surface area contributed by atoms with E-state index in [4.69, 9.17) is 0 Å². The van der Waals surface area contributed by atoms with Crippen molar-refractivity contribution in [3.8, 4) is 0 Å². The number of likely N-dealkylation sites (tertiary alicyclic amines) is 1. The Labute approximate surface area is 87.4 Å². The molecule has 0 aromatic rings. The van der Waals surface area contributed by atoms with Crippen LogP contribution >= 0.6 is 0 Å². The number of rotatable bonds is 3. The van der Waals surface area contributed by atoms with Gasteiger partial charge in [-0.3, -0.25) is 4.99 Å². The third kappa shape index (κ3) is 2.35. The molecule has 0 amide bonds. The quantitative estimate of drug-likeness (QED) is 0.630. The number of hydrogen-bond acceptors (Lipinski definition) is 2. The van der Waals surface area contributed by atoms with Crippen LogP contribution in [0.15, 0.2) is 4.99 Å². The molecule has 2 rings (SSSR count). The Morgan fingerprint density at radius 1 is 1.21 bits per heavy atom. The second kappa shape index (κ2) is 4.92. The molecule has 0 spiro atoms. The van der Waals surface area contributed by atoms with Gasteiger partial charge < -0.3 is 4.90 Å². The molecule has 14 heavy (non-hydrogen) atoms. The Morgan fingerprint density at radius 2 is 1.93 bits per heavy atom. The average molecular weight is 194 g/mol. The fourth-order valence-electron chi connectivity index (χ4n) is 2.51. The maximum atomic E-state index is 4.36. The van der Waals surface area contributed by atoms with Gasteiger partial charge in [0, 0.05) is 12.6 Å². The minimum Gasteiger partial charge on any atom is -0.300 e. The van der Waals surface area contributed by atoms with Crippen LogP contribution in [-0.4, -0.2) is 36.8 Å². The second-order valence-electron chi connectivity index (χ2n) is 4.69. The molecule has 2 nitrogen and oxygen atoms in total. The number of hydrogen-bond donors (Lipinski definition) is 0. The first kappa shape index (κ1) is 10.2. The lowest BCUT2D eigenvalue weighted by Gasteiger charge is -2.41. The monoisotopic (exact) mass is 194 g/mol. The molecule has 0 aromatic heterocycles. The van der Waals surface area contributed by atoms with Crippen molar-refractivity contribution in [3.05, 3.63) is 0 Å². The molecule has 2 aliphatic rings. The van der Waals surface area contributed by atoms with Gasteiger partial charge in [-0.05, 0) is 57.8 Å². The first-order valence-electron chi connectivity index (χ1n) is 6.08. The van der Waals surface area contributed by atoms with Crippen LogP contribution in [0.5, 0.6) is 0 Å². The van der Waals surface area contributed by atoms with Gasteiger partial charge in [-0.2, -0.15) is 0 Å². The number of nitrogens with zero attached hydrogens (tertiary/aromatic N) is 2. The molecule has 0 aromatic carbocycles. The van der Waals surface area contributed by atoms with Crippen molar-refractivity contribution in [1.29, 1.82) is 0 Å². The van der Waals surface area contributed by atoms with Crippen molar-refractivity contribution in [3.63, 3.8) is 0 Å². The third-order valence-electron chi connectivity index (χ3n) is 3.79. The van der Waals surface area contributed by atoms with Gasteiger partial charge in [0.1, 0.15) is 0 Å². The van der Waals surface area contributed by atoms with Crippen LogP contribution < -0.4 is 0 Å².